The highest BCUT2D eigenvalue weighted by molar-refractivity contribution is 5.78. The first-order chi connectivity index (χ1) is 14.6. The van der Waals surface area contributed by atoms with Crippen molar-refractivity contribution >= 4 is 11.9 Å². The van der Waals surface area contributed by atoms with Gasteiger partial charge in [0.1, 0.15) is 0 Å². The van der Waals surface area contributed by atoms with Crippen LogP contribution in [0.3, 0.4) is 0 Å². The summed E-state index contributed by atoms with van der Waals surface area (Å²) in [7, 11) is 0. The minimum absolute atomic E-state index is 0.0943. The van der Waals surface area contributed by atoms with E-state index in [0.717, 1.165) is 38.5 Å². The molecule has 1 unspecified atom stereocenters. The van der Waals surface area contributed by atoms with Gasteiger partial charge >= 0.3 is 5.97 Å². The Bertz CT molecular complexity index is 589. The van der Waals surface area contributed by atoms with Crippen LogP contribution in [0.15, 0.2) is 48.6 Å². The van der Waals surface area contributed by atoms with Crippen molar-refractivity contribution in [1.82, 2.24) is 4.90 Å². The molecule has 1 aliphatic rings. The van der Waals surface area contributed by atoms with Crippen LogP contribution < -0.4 is 0 Å². The first-order valence-corrected chi connectivity index (χ1v) is 11.8. The predicted molar refractivity (Wildman–Crippen MR) is 125 cm³/mol. The average molecular weight is 416 g/mol. The van der Waals surface area contributed by atoms with Crippen molar-refractivity contribution < 1.29 is 14.7 Å². The lowest BCUT2D eigenvalue weighted by Gasteiger charge is -2.30. The lowest BCUT2D eigenvalue weighted by atomic mass is 9.98. The molecular formula is C26H41NO3. The maximum Gasteiger partial charge on any atom is 0.308 e. The second-order valence-corrected chi connectivity index (χ2v) is 8.00. The molecule has 0 spiro atoms. The summed E-state index contributed by atoms with van der Waals surface area (Å²) in [5.41, 5.74) is 0. The van der Waals surface area contributed by atoms with E-state index >= 15 is 0 Å². The largest absolute Gasteiger partial charge is 0.481 e. The van der Waals surface area contributed by atoms with Crippen LogP contribution in [-0.2, 0) is 9.59 Å². The molecule has 1 aliphatic heterocycles. The van der Waals surface area contributed by atoms with Gasteiger partial charge in [-0.1, -0.05) is 68.4 Å². The highest BCUT2D eigenvalue weighted by Gasteiger charge is 2.27. The van der Waals surface area contributed by atoms with Crippen LogP contribution in [0.2, 0.25) is 0 Å². The fraction of sp³-hybridized carbons (Fsp3) is 0.615. The van der Waals surface area contributed by atoms with E-state index in [9.17, 15) is 9.59 Å². The Morgan fingerprint density at radius 2 is 1.43 bits per heavy atom. The molecule has 0 aromatic rings. The summed E-state index contributed by atoms with van der Waals surface area (Å²) < 4.78 is 0. The minimum Gasteiger partial charge on any atom is -0.481 e. The Balaban J connectivity index is 2.01. The number of allylic oxidation sites excluding steroid dienone is 8. The molecule has 0 bridgehead atoms. The van der Waals surface area contributed by atoms with E-state index in [1.165, 1.54) is 25.7 Å². The number of carboxylic acids is 1. The molecule has 0 aliphatic carbocycles. The molecule has 168 valence electrons. The molecule has 0 aromatic heterocycles. The first-order valence-electron chi connectivity index (χ1n) is 11.8. The molecule has 1 saturated heterocycles. The number of hydrogen-bond donors (Lipinski definition) is 1. The van der Waals surface area contributed by atoms with Crippen molar-refractivity contribution in [2.75, 3.05) is 13.1 Å². The zero-order valence-corrected chi connectivity index (χ0v) is 18.8. The Morgan fingerprint density at radius 3 is 2.00 bits per heavy atom. The number of carbonyl (C=O) groups is 2. The molecule has 1 N–H and O–H groups in total. The van der Waals surface area contributed by atoms with Crippen molar-refractivity contribution in [3.05, 3.63) is 48.6 Å². The highest BCUT2D eigenvalue weighted by atomic mass is 16.4. The van der Waals surface area contributed by atoms with Crippen LogP contribution in [0, 0.1) is 5.92 Å². The number of carboxylic acid groups (broad SMARTS) is 1. The number of amides is 1. The highest BCUT2D eigenvalue weighted by Crippen LogP contribution is 2.18. The third kappa shape index (κ3) is 13.2. The van der Waals surface area contributed by atoms with Gasteiger partial charge in [-0.15, -0.1) is 0 Å². The van der Waals surface area contributed by atoms with Gasteiger partial charge in [-0.05, 0) is 57.8 Å². The molecule has 1 atom stereocenters. The van der Waals surface area contributed by atoms with Crippen molar-refractivity contribution in [2.24, 2.45) is 5.92 Å². The Kier molecular flexibility index (Phi) is 15.3. The quantitative estimate of drug-likeness (QED) is 0.247. The number of likely N-dealkylation sites (tertiary alicyclic amines) is 1. The van der Waals surface area contributed by atoms with Gasteiger partial charge < -0.3 is 10.0 Å². The smallest absolute Gasteiger partial charge is 0.308 e. The van der Waals surface area contributed by atoms with Gasteiger partial charge in [-0.2, -0.15) is 0 Å². The summed E-state index contributed by atoms with van der Waals surface area (Å²) in [5.74, 6) is -1.08. The van der Waals surface area contributed by atoms with Crippen LogP contribution in [-0.4, -0.2) is 35.0 Å². The van der Waals surface area contributed by atoms with E-state index in [1.54, 1.807) is 4.90 Å². The predicted octanol–water partition coefficient (Wildman–Crippen LogP) is 6.46. The van der Waals surface area contributed by atoms with Crippen LogP contribution in [0.1, 0.15) is 84.0 Å². The van der Waals surface area contributed by atoms with Gasteiger partial charge in [0.05, 0.1) is 5.92 Å². The zero-order chi connectivity index (χ0) is 21.9. The second-order valence-electron chi connectivity index (χ2n) is 8.00. The van der Waals surface area contributed by atoms with Crippen LogP contribution in [0.25, 0.3) is 0 Å². The van der Waals surface area contributed by atoms with Gasteiger partial charge in [0.2, 0.25) is 5.91 Å². The van der Waals surface area contributed by atoms with Gasteiger partial charge in [0.25, 0.3) is 0 Å². The third-order valence-electron chi connectivity index (χ3n) is 5.34. The maximum atomic E-state index is 12.2. The standard InChI is InChI=1S/C26H41NO3/c1-2-3-4-5-6-7-8-9-10-11-12-13-14-15-16-17-18-21-25(28)27-22-19-20-24(23-27)26(29)30/h6-7,9-10,12-13,15-16,24H,2-5,8,11,14,17-23H2,1H3,(H,29,30). The summed E-state index contributed by atoms with van der Waals surface area (Å²) in [6, 6.07) is 0. The number of carbonyl (C=O) groups excluding carboxylic acids is 1. The fourth-order valence-electron chi connectivity index (χ4n) is 3.50. The summed E-state index contributed by atoms with van der Waals surface area (Å²) in [4.78, 5) is 25.0. The minimum atomic E-state index is -0.784. The Labute approximate surface area is 183 Å². The average Bonchev–Trinajstić information content (AvgIpc) is 2.75. The zero-order valence-electron chi connectivity index (χ0n) is 18.8. The van der Waals surface area contributed by atoms with E-state index in [2.05, 4.69) is 55.5 Å². The molecule has 4 heteroatoms. The molecule has 1 fully saturated rings. The molecule has 0 radical (unpaired) electrons. The monoisotopic (exact) mass is 415 g/mol. The molecular weight excluding hydrogens is 374 g/mol. The number of aliphatic carboxylic acids is 1. The summed E-state index contributed by atoms with van der Waals surface area (Å²) in [6.07, 6.45) is 29.3. The van der Waals surface area contributed by atoms with E-state index in [1.807, 2.05) is 0 Å². The molecule has 30 heavy (non-hydrogen) atoms. The van der Waals surface area contributed by atoms with Crippen LogP contribution in [0.5, 0.6) is 0 Å². The van der Waals surface area contributed by atoms with E-state index in [4.69, 9.17) is 5.11 Å². The van der Waals surface area contributed by atoms with Gasteiger partial charge in [-0.25, -0.2) is 0 Å². The lowest BCUT2D eigenvalue weighted by Crippen LogP contribution is -2.42. The molecule has 1 rings (SSSR count). The lowest BCUT2D eigenvalue weighted by molar-refractivity contribution is -0.145. The molecule has 1 amide bonds. The van der Waals surface area contributed by atoms with Crippen LogP contribution in [0.4, 0.5) is 0 Å². The number of nitrogens with zero attached hydrogens (tertiary/aromatic N) is 1. The molecule has 4 nitrogen and oxygen atoms in total. The summed E-state index contributed by atoms with van der Waals surface area (Å²) in [5, 5.41) is 9.11. The molecule has 1 heterocycles. The molecule has 0 aromatic carbocycles. The topological polar surface area (TPSA) is 57.6 Å². The number of piperidine rings is 1. The van der Waals surface area contributed by atoms with E-state index in [0.29, 0.717) is 25.9 Å². The molecule has 0 saturated carbocycles. The summed E-state index contributed by atoms with van der Waals surface area (Å²) >= 11 is 0. The maximum absolute atomic E-state index is 12.2. The Morgan fingerprint density at radius 1 is 0.867 bits per heavy atom. The van der Waals surface area contributed by atoms with Crippen molar-refractivity contribution in [1.29, 1.82) is 0 Å². The van der Waals surface area contributed by atoms with Crippen molar-refractivity contribution in [3.8, 4) is 0 Å². The van der Waals surface area contributed by atoms with Crippen LogP contribution >= 0.6 is 0 Å². The second kappa shape index (κ2) is 17.7. The van der Waals surface area contributed by atoms with Crippen molar-refractivity contribution in [3.63, 3.8) is 0 Å². The SMILES string of the molecule is CCCCCC=CCC=CCC=CCC=CCCCC(=O)N1CCCC(C(=O)O)C1. The van der Waals surface area contributed by atoms with Gasteiger partial charge in [0.15, 0.2) is 0 Å². The first kappa shape index (κ1) is 25.9. The number of hydrogen-bond acceptors (Lipinski definition) is 2. The number of unbranched alkanes of at least 4 members (excludes halogenated alkanes) is 4. The Hall–Kier alpha value is -2.10. The summed E-state index contributed by atoms with van der Waals surface area (Å²) in [6.45, 7) is 3.31. The van der Waals surface area contributed by atoms with Gasteiger partial charge in [0, 0.05) is 19.5 Å². The fourth-order valence-corrected chi connectivity index (χ4v) is 3.50. The third-order valence-corrected chi connectivity index (χ3v) is 5.34. The van der Waals surface area contributed by atoms with E-state index < -0.39 is 11.9 Å². The normalized spacial score (nSPS) is 17.8. The number of rotatable bonds is 15. The van der Waals surface area contributed by atoms with Gasteiger partial charge in [-0.3, -0.25) is 9.59 Å². The van der Waals surface area contributed by atoms with Crippen molar-refractivity contribution in [2.45, 2.75) is 84.0 Å². The van der Waals surface area contributed by atoms with E-state index in [-0.39, 0.29) is 5.91 Å².